The van der Waals surface area contributed by atoms with E-state index >= 15 is 0 Å². The van der Waals surface area contributed by atoms with E-state index in [-0.39, 0.29) is 33.6 Å². The number of ether oxygens (including phenoxy) is 1. The number of esters is 1. The minimum absolute atomic E-state index is 0.0687. The van der Waals surface area contributed by atoms with Gasteiger partial charge in [0.2, 0.25) is 0 Å². The highest BCUT2D eigenvalue weighted by atomic mass is 32.2. The van der Waals surface area contributed by atoms with Gasteiger partial charge in [0.1, 0.15) is 27.7 Å². The second-order valence-corrected chi connectivity index (χ2v) is 7.68. The van der Waals surface area contributed by atoms with Crippen molar-refractivity contribution in [2.24, 2.45) is 0 Å². The summed E-state index contributed by atoms with van der Waals surface area (Å²) in [5.41, 5.74) is 0.629. The normalized spacial score (nSPS) is 10.9. The van der Waals surface area contributed by atoms with Crippen LogP contribution in [0.4, 0.5) is 0 Å². The van der Waals surface area contributed by atoms with Gasteiger partial charge in [-0.2, -0.15) is 0 Å². The molecule has 3 rings (SSSR count). The Labute approximate surface area is 171 Å². The Hall–Kier alpha value is -3.19. The third kappa shape index (κ3) is 4.30. The maximum atomic E-state index is 12.6. The molecule has 0 fully saturated rings. The van der Waals surface area contributed by atoms with Crippen LogP contribution >= 0.6 is 11.8 Å². The average Bonchev–Trinajstić information content (AvgIpc) is 2.70. The van der Waals surface area contributed by atoms with Gasteiger partial charge in [0.25, 0.3) is 0 Å². The van der Waals surface area contributed by atoms with E-state index < -0.39 is 11.6 Å². The van der Waals surface area contributed by atoms with Gasteiger partial charge in [-0.15, -0.1) is 0 Å². The second kappa shape index (κ2) is 8.45. The third-order valence-corrected chi connectivity index (χ3v) is 5.50. The number of methoxy groups -OCH3 is 1. The van der Waals surface area contributed by atoms with E-state index in [1.165, 1.54) is 31.4 Å². The Bertz CT molecular complexity index is 1120. The molecule has 2 aromatic carbocycles. The Morgan fingerprint density at radius 2 is 1.79 bits per heavy atom. The highest BCUT2D eigenvalue weighted by molar-refractivity contribution is 7.99. The smallest absolute Gasteiger partial charge is 0.354 e. The van der Waals surface area contributed by atoms with Gasteiger partial charge in [-0.25, -0.2) is 9.59 Å². The summed E-state index contributed by atoms with van der Waals surface area (Å²) in [5.74, 6) is -0.898. The van der Waals surface area contributed by atoms with Gasteiger partial charge in [-0.3, -0.25) is 0 Å². The summed E-state index contributed by atoms with van der Waals surface area (Å²) in [6, 6.07) is 13.1. The summed E-state index contributed by atoms with van der Waals surface area (Å²) in [6.07, 6.45) is 0. The highest BCUT2D eigenvalue weighted by Crippen LogP contribution is 2.38. The first-order valence-electron chi connectivity index (χ1n) is 8.87. The van der Waals surface area contributed by atoms with Crippen LogP contribution in [0.1, 0.15) is 35.7 Å². The first kappa shape index (κ1) is 20.5. The molecule has 0 aliphatic rings. The van der Waals surface area contributed by atoms with Crippen molar-refractivity contribution in [2.45, 2.75) is 29.6 Å². The van der Waals surface area contributed by atoms with Crippen LogP contribution in [0.3, 0.4) is 0 Å². The Balaban J connectivity index is 2.01. The number of hydrogen-bond donors (Lipinski definition) is 2. The zero-order valence-electron chi connectivity index (χ0n) is 16.1. The molecule has 0 saturated carbocycles. The Kier molecular flexibility index (Phi) is 5.98. The Morgan fingerprint density at radius 3 is 2.45 bits per heavy atom. The van der Waals surface area contributed by atoms with Crippen LogP contribution in [0.15, 0.2) is 67.5 Å². The van der Waals surface area contributed by atoms with Crippen LogP contribution in [0.2, 0.25) is 0 Å². The summed E-state index contributed by atoms with van der Waals surface area (Å²) in [4.78, 5) is 25.3. The zero-order chi connectivity index (χ0) is 21.1. The number of rotatable bonds is 5. The van der Waals surface area contributed by atoms with E-state index in [4.69, 9.17) is 4.42 Å². The SMILES string of the molecule is COC(=O)c1cc(-c2cc(O)c(Sc3ccccc3C(C)C)c(=O)o2)ccc1O. The van der Waals surface area contributed by atoms with Crippen LogP contribution < -0.4 is 5.63 Å². The maximum Gasteiger partial charge on any atom is 0.354 e. The Morgan fingerprint density at radius 1 is 1.07 bits per heavy atom. The molecule has 0 atom stereocenters. The van der Waals surface area contributed by atoms with Gasteiger partial charge in [0.15, 0.2) is 0 Å². The fourth-order valence-electron chi connectivity index (χ4n) is 2.83. The molecule has 2 N–H and O–H groups in total. The fraction of sp³-hybridized carbons (Fsp3) is 0.182. The summed E-state index contributed by atoms with van der Waals surface area (Å²) in [6.45, 7) is 4.10. The lowest BCUT2D eigenvalue weighted by Gasteiger charge is -2.12. The van der Waals surface area contributed by atoms with E-state index in [0.717, 1.165) is 22.2 Å². The van der Waals surface area contributed by atoms with Gasteiger partial charge in [0, 0.05) is 16.5 Å². The lowest BCUT2D eigenvalue weighted by Crippen LogP contribution is -2.05. The van der Waals surface area contributed by atoms with Crippen LogP contribution in [-0.4, -0.2) is 23.3 Å². The quantitative estimate of drug-likeness (QED) is 0.582. The molecule has 3 aromatic rings. The molecule has 29 heavy (non-hydrogen) atoms. The summed E-state index contributed by atoms with van der Waals surface area (Å²) in [5, 5.41) is 20.3. The largest absolute Gasteiger partial charge is 0.507 e. The molecule has 6 nitrogen and oxygen atoms in total. The van der Waals surface area contributed by atoms with Gasteiger partial charge in [-0.05, 0) is 35.7 Å². The van der Waals surface area contributed by atoms with Crippen LogP contribution in [0.25, 0.3) is 11.3 Å². The molecule has 0 unspecified atom stereocenters. The molecule has 0 aliphatic heterocycles. The summed E-state index contributed by atoms with van der Waals surface area (Å²) >= 11 is 1.14. The lowest BCUT2D eigenvalue weighted by molar-refractivity contribution is 0.0597. The van der Waals surface area contributed by atoms with Crippen molar-refractivity contribution >= 4 is 17.7 Å². The molecular weight excluding hydrogens is 392 g/mol. The number of carbonyl (C=O) groups is 1. The van der Waals surface area contributed by atoms with Gasteiger partial charge in [-0.1, -0.05) is 43.8 Å². The van der Waals surface area contributed by atoms with E-state index in [2.05, 4.69) is 18.6 Å². The predicted octanol–water partition coefficient (Wildman–Crippen LogP) is 4.78. The molecule has 0 saturated heterocycles. The second-order valence-electron chi connectivity index (χ2n) is 6.63. The first-order valence-corrected chi connectivity index (χ1v) is 9.69. The van der Waals surface area contributed by atoms with Crippen molar-refractivity contribution in [3.8, 4) is 22.8 Å². The average molecular weight is 412 g/mol. The summed E-state index contributed by atoms with van der Waals surface area (Å²) < 4.78 is 10.0. The van der Waals surface area contributed by atoms with Crippen molar-refractivity contribution < 1.29 is 24.2 Å². The van der Waals surface area contributed by atoms with Crippen LogP contribution in [-0.2, 0) is 4.74 Å². The minimum atomic E-state index is -0.728. The zero-order valence-corrected chi connectivity index (χ0v) is 16.9. The molecule has 1 aromatic heterocycles. The van der Waals surface area contributed by atoms with Gasteiger partial charge >= 0.3 is 11.6 Å². The van der Waals surface area contributed by atoms with Crippen LogP contribution in [0, 0.1) is 0 Å². The molecule has 0 spiro atoms. The van der Waals surface area contributed by atoms with Gasteiger partial charge < -0.3 is 19.4 Å². The third-order valence-electron chi connectivity index (χ3n) is 4.33. The first-order chi connectivity index (χ1) is 13.8. The molecule has 1 heterocycles. The van der Waals surface area contributed by atoms with Crippen molar-refractivity contribution in [3.05, 3.63) is 70.1 Å². The number of phenols is 1. The molecule has 0 bridgehead atoms. The van der Waals surface area contributed by atoms with E-state index in [1.807, 2.05) is 24.3 Å². The van der Waals surface area contributed by atoms with E-state index in [1.54, 1.807) is 0 Å². The van der Waals surface area contributed by atoms with Crippen molar-refractivity contribution in [1.29, 1.82) is 0 Å². The summed E-state index contributed by atoms with van der Waals surface area (Å²) in [7, 11) is 1.20. The standard InChI is InChI=1S/C22H20O6S/c1-12(2)14-6-4-5-7-19(14)29-20-17(24)11-18(28-22(20)26)13-8-9-16(23)15(10-13)21(25)27-3/h4-12,23-24H,1-3H3. The predicted molar refractivity (Wildman–Crippen MR) is 110 cm³/mol. The van der Waals surface area contributed by atoms with E-state index in [0.29, 0.717) is 5.56 Å². The number of aromatic hydroxyl groups is 2. The van der Waals surface area contributed by atoms with Crippen molar-refractivity contribution in [1.82, 2.24) is 0 Å². The lowest BCUT2D eigenvalue weighted by atomic mass is 10.0. The molecule has 0 aliphatic carbocycles. The van der Waals surface area contributed by atoms with Crippen molar-refractivity contribution in [3.63, 3.8) is 0 Å². The number of phenolic OH excluding ortho intramolecular Hbond substituents is 1. The minimum Gasteiger partial charge on any atom is -0.507 e. The maximum absolute atomic E-state index is 12.6. The number of hydrogen-bond acceptors (Lipinski definition) is 7. The molecule has 150 valence electrons. The number of benzene rings is 2. The fourth-order valence-corrected chi connectivity index (χ4v) is 3.91. The van der Waals surface area contributed by atoms with Gasteiger partial charge in [0.05, 0.1) is 7.11 Å². The molecule has 0 radical (unpaired) electrons. The topological polar surface area (TPSA) is 97.0 Å². The molecule has 0 amide bonds. The van der Waals surface area contributed by atoms with Crippen molar-refractivity contribution in [2.75, 3.05) is 7.11 Å². The highest BCUT2D eigenvalue weighted by Gasteiger charge is 2.18. The number of carbonyl (C=O) groups excluding carboxylic acids is 1. The monoisotopic (exact) mass is 412 g/mol. The van der Waals surface area contributed by atoms with Crippen LogP contribution in [0.5, 0.6) is 11.5 Å². The molecule has 7 heteroatoms. The molecular formula is C22H20O6S. The van der Waals surface area contributed by atoms with E-state index in [9.17, 15) is 19.8 Å².